The first-order chi connectivity index (χ1) is 6.22. The van der Waals surface area contributed by atoms with Crippen molar-refractivity contribution in [1.82, 2.24) is 0 Å². The molecule has 0 aliphatic rings. The Morgan fingerprint density at radius 3 is 2.77 bits per heavy atom. The summed E-state index contributed by atoms with van der Waals surface area (Å²) in [4.78, 5) is 1.05. The third kappa shape index (κ3) is 1.36. The van der Waals surface area contributed by atoms with E-state index in [9.17, 15) is 0 Å². The molecule has 1 aromatic carbocycles. The summed E-state index contributed by atoms with van der Waals surface area (Å²) < 4.78 is 1.27. The van der Waals surface area contributed by atoms with Gasteiger partial charge in [0.1, 0.15) is 0 Å². The van der Waals surface area contributed by atoms with Crippen molar-refractivity contribution in [3.05, 3.63) is 34.2 Å². The van der Waals surface area contributed by atoms with Crippen molar-refractivity contribution in [2.45, 2.75) is 20.5 Å². The highest BCUT2D eigenvalue weighted by Gasteiger charge is 2.04. The monoisotopic (exact) mass is 192 g/mol. The Bertz CT molecular complexity index is 443. The van der Waals surface area contributed by atoms with Crippen molar-refractivity contribution in [3.63, 3.8) is 0 Å². The number of aliphatic hydroxyl groups excluding tert-OH is 1. The molecular weight excluding hydrogens is 180 g/mol. The maximum absolute atomic E-state index is 9.01. The smallest absolute Gasteiger partial charge is 0.0774 e. The van der Waals surface area contributed by atoms with Gasteiger partial charge in [0, 0.05) is 9.58 Å². The van der Waals surface area contributed by atoms with E-state index < -0.39 is 0 Å². The van der Waals surface area contributed by atoms with E-state index in [4.69, 9.17) is 5.11 Å². The first-order valence-electron chi connectivity index (χ1n) is 4.32. The number of benzene rings is 1. The Balaban J connectivity index is 2.76. The largest absolute Gasteiger partial charge is 0.391 e. The van der Waals surface area contributed by atoms with E-state index >= 15 is 0 Å². The molecule has 0 saturated heterocycles. The van der Waals surface area contributed by atoms with Gasteiger partial charge in [-0.3, -0.25) is 0 Å². The van der Waals surface area contributed by atoms with Gasteiger partial charge in [-0.25, -0.2) is 0 Å². The molecule has 0 bridgehead atoms. The van der Waals surface area contributed by atoms with Gasteiger partial charge in [-0.05, 0) is 42.5 Å². The zero-order valence-corrected chi connectivity index (χ0v) is 8.61. The molecule has 0 fully saturated rings. The molecule has 0 amide bonds. The topological polar surface area (TPSA) is 20.2 Å². The van der Waals surface area contributed by atoms with Crippen LogP contribution in [-0.4, -0.2) is 5.11 Å². The lowest BCUT2D eigenvalue weighted by Crippen LogP contribution is -1.79. The first kappa shape index (κ1) is 8.73. The number of hydrogen-bond donors (Lipinski definition) is 1. The van der Waals surface area contributed by atoms with Crippen molar-refractivity contribution < 1.29 is 5.11 Å². The van der Waals surface area contributed by atoms with Crippen LogP contribution in [0.15, 0.2) is 18.2 Å². The molecule has 0 spiro atoms. The summed E-state index contributed by atoms with van der Waals surface area (Å²) in [5, 5.41) is 10.3. The normalized spacial score (nSPS) is 11.0. The maximum Gasteiger partial charge on any atom is 0.0774 e. The van der Waals surface area contributed by atoms with Crippen LogP contribution in [0.25, 0.3) is 10.1 Å². The van der Waals surface area contributed by atoms with Crippen LogP contribution in [0.4, 0.5) is 0 Å². The highest BCUT2D eigenvalue weighted by molar-refractivity contribution is 7.19. The summed E-state index contributed by atoms with van der Waals surface area (Å²) in [6, 6.07) is 6.35. The molecule has 0 unspecified atom stereocenters. The van der Waals surface area contributed by atoms with E-state index in [2.05, 4.69) is 32.0 Å². The average molecular weight is 192 g/mol. The Morgan fingerprint density at radius 1 is 1.31 bits per heavy atom. The lowest BCUT2D eigenvalue weighted by Gasteiger charge is -1.99. The fraction of sp³-hybridized carbons (Fsp3) is 0.273. The van der Waals surface area contributed by atoms with Crippen LogP contribution in [-0.2, 0) is 6.61 Å². The van der Waals surface area contributed by atoms with Crippen molar-refractivity contribution in [1.29, 1.82) is 0 Å². The van der Waals surface area contributed by atoms with Crippen molar-refractivity contribution in [3.8, 4) is 0 Å². The Labute approximate surface area is 81.6 Å². The van der Waals surface area contributed by atoms with Gasteiger partial charge in [-0.2, -0.15) is 0 Å². The molecule has 1 nitrogen and oxygen atoms in total. The Hall–Kier alpha value is -0.860. The maximum atomic E-state index is 9.01. The molecule has 1 N–H and O–H groups in total. The molecule has 1 aromatic heterocycles. The molecule has 0 atom stereocenters. The van der Waals surface area contributed by atoms with Gasteiger partial charge in [0.25, 0.3) is 0 Å². The fourth-order valence-corrected chi connectivity index (χ4v) is 2.47. The summed E-state index contributed by atoms with van der Waals surface area (Å²) in [6.07, 6.45) is 0. The van der Waals surface area contributed by atoms with E-state index in [1.165, 1.54) is 21.2 Å². The summed E-state index contributed by atoms with van der Waals surface area (Å²) in [7, 11) is 0. The van der Waals surface area contributed by atoms with Crippen LogP contribution in [0.5, 0.6) is 0 Å². The van der Waals surface area contributed by atoms with Crippen molar-refractivity contribution in [2.75, 3.05) is 0 Å². The standard InChI is InChI=1S/C11H12OS/c1-7-3-4-11-10(8(7)2)5-9(6-12)13-11/h3-5,12H,6H2,1-2H3. The Morgan fingerprint density at radius 2 is 2.08 bits per heavy atom. The van der Waals surface area contributed by atoms with E-state index in [0.29, 0.717) is 0 Å². The second kappa shape index (κ2) is 3.13. The van der Waals surface area contributed by atoms with E-state index in [0.717, 1.165) is 4.88 Å². The molecular formula is C11H12OS. The molecule has 0 aliphatic carbocycles. The van der Waals surface area contributed by atoms with E-state index in [-0.39, 0.29) is 6.61 Å². The van der Waals surface area contributed by atoms with Crippen molar-refractivity contribution in [2.24, 2.45) is 0 Å². The highest BCUT2D eigenvalue weighted by atomic mass is 32.1. The van der Waals surface area contributed by atoms with Gasteiger partial charge in [0.15, 0.2) is 0 Å². The van der Waals surface area contributed by atoms with Gasteiger partial charge < -0.3 is 5.11 Å². The van der Waals surface area contributed by atoms with Gasteiger partial charge in [-0.15, -0.1) is 11.3 Å². The molecule has 0 aliphatic heterocycles. The summed E-state index contributed by atoms with van der Waals surface area (Å²) >= 11 is 1.67. The number of rotatable bonds is 1. The number of thiophene rings is 1. The van der Waals surface area contributed by atoms with Crippen LogP contribution < -0.4 is 0 Å². The molecule has 0 saturated carbocycles. The second-order valence-electron chi connectivity index (χ2n) is 3.29. The lowest BCUT2D eigenvalue weighted by atomic mass is 10.1. The zero-order valence-electron chi connectivity index (χ0n) is 7.79. The summed E-state index contributed by atoms with van der Waals surface area (Å²) in [6.45, 7) is 4.40. The third-order valence-corrected chi connectivity index (χ3v) is 3.53. The predicted molar refractivity (Wildman–Crippen MR) is 57.2 cm³/mol. The average Bonchev–Trinajstić information content (AvgIpc) is 2.55. The minimum atomic E-state index is 0.151. The van der Waals surface area contributed by atoms with Crippen LogP contribution in [0, 0.1) is 13.8 Å². The minimum absolute atomic E-state index is 0.151. The van der Waals surface area contributed by atoms with Gasteiger partial charge in [-0.1, -0.05) is 6.07 Å². The third-order valence-electron chi connectivity index (χ3n) is 2.45. The van der Waals surface area contributed by atoms with E-state index in [1.807, 2.05) is 0 Å². The Kier molecular flexibility index (Phi) is 2.10. The quantitative estimate of drug-likeness (QED) is 0.736. The number of hydrogen-bond acceptors (Lipinski definition) is 2. The van der Waals surface area contributed by atoms with E-state index in [1.54, 1.807) is 11.3 Å². The molecule has 2 rings (SSSR count). The molecule has 13 heavy (non-hydrogen) atoms. The second-order valence-corrected chi connectivity index (χ2v) is 4.46. The first-order valence-corrected chi connectivity index (χ1v) is 5.13. The van der Waals surface area contributed by atoms with Gasteiger partial charge in [0.05, 0.1) is 6.61 Å². The van der Waals surface area contributed by atoms with Crippen LogP contribution >= 0.6 is 11.3 Å². The van der Waals surface area contributed by atoms with Crippen LogP contribution in [0.2, 0.25) is 0 Å². The van der Waals surface area contributed by atoms with Gasteiger partial charge in [0.2, 0.25) is 0 Å². The SMILES string of the molecule is Cc1ccc2sc(CO)cc2c1C. The fourth-order valence-electron chi connectivity index (χ4n) is 1.49. The molecule has 1 heterocycles. The predicted octanol–water partition coefficient (Wildman–Crippen LogP) is 3.01. The zero-order chi connectivity index (χ0) is 9.42. The minimum Gasteiger partial charge on any atom is -0.391 e. The van der Waals surface area contributed by atoms with Crippen LogP contribution in [0.1, 0.15) is 16.0 Å². The molecule has 0 radical (unpaired) electrons. The summed E-state index contributed by atoms with van der Waals surface area (Å²) in [5.74, 6) is 0. The molecule has 2 heteroatoms. The molecule has 2 aromatic rings. The summed E-state index contributed by atoms with van der Waals surface area (Å²) in [5.41, 5.74) is 2.64. The lowest BCUT2D eigenvalue weighted by molar-refractivity contribution is 0.285. The molecule has 68 valence electrons. The number of aliphatic hydroxyl groups is 1. The number of aryl methyl sites for hydroxylation is 2. The van der Waals surface area contributed by atoms with Crippen LogP contribution in [0.3, 0.4) is 0 Å². The van der Waals surface area contributed by atoms with Crippen molar-refractivity contribution >= 4 is 21.4 Å². The van der Waals surface area contributed by atoms with Gasteiger partial charge >= 0.3 is 0 Å². The number of fused-ring (bicyclic) bond motifs is 1. The highest BCUT2D eigenvalue weighted by Crippen LogP contribution is 2.29.